The summed E-state index contributed by atoms with van der Waals surface area (Å²) in [6.07, 6.45) is 1.09. The van der Waals surface area contributed by atoms with Gasteiger partial charge in [0, 0.05) is 17.0 Å². The van der Waals surface area contributed by atoms with E-state index in [0.29, 0.717) is 12.1 Å². The molecule has 0 spiro atoms. The first-order valence-electron chi connectivity index (χ1n) is 6.68. The van der Waals surface area contributed by atoms with Gasteiger partial charge in [-0.2, -0.15) is 0 Å². The number of hydrogen-bond acceptors (Lipinski definition) is 3. The molecule has 0 fully saturated rings. The van der Waals surface area contributed by atoms with Crippen LogP contribution in [0.3, 0.4) is 0 Å². The summed E-state index contributed by atoms with van der Waals surface area (Å²) in [6, 6.07) is 13.3. The summed E-state index contributed by atoms with van der Waals surface area (Å²) >= 11 is 1.81. The van der Waals surface area contributed by atoms with Crippen molar-refractivity contribution in [3.05, 3.63) is 52.2 Å². The lowest BCUT2D eigenvalue weighted by Crippen LogP contribution is -2.23. The van der Waals surface area contributed by atoms with Crippen molar-refractivity contribution in [2.45, 2.75) is 32.4 Å². The summed E-state index contributed by atoms with van der Waals surface area (Å²) in [5.74, 6) is 0.912. The van der Waals surface area contributed by atoms with E-state index in [9.17, 15) is 0 Å². The van der Waals surface area contributed by atoms with E-state index in [2.05, 4.69) is 48.8 Å². The maximum Gasteiger partial charge on any atom is 0.119 e. The van der Waals surface area contributed by atoms with Crippen molar-refractivity contribution in [2.24, 2.45) is 0 Å². The minimum Gasteiger partial charge on any atom is -0.497 e. The molecule has 2 rings (SSSR count). The zero-order chi connectivity index (χ0) is 13.7. The van der Waals surface area contributed by atoms with Crippen molar-refractivity contribution in [1.29, 1.82) is 0 Å². The monoisotopic (exact) mass is 275 g/mol. The van der Waals surface area contributed by atoms with Gasteiger partial charge < -0.3 is 10.1 Å². The van der Waals surface area contributed by atoms with Crippen LogP contribution in [0.25, 0.3) is 0 Å². The Bertz CT molecular complexity index is 495. The zero-order valence-electron chi connectivity index (χ0n) is 11.7. The van der Waals surface area contributed by atoms with Gasteiger partial charge in [-0.3, -0.25) is 0 Å². The molecule has 0 saturated carbocycles. The highest BCUT2D eigenvalue weighted by atomic mass is 32.1. The van der Waals surface area contributed by atoms with Crippen LogP contribution in [0.1, 0.15) is 42.8 Å². The van der Waals surface area contributed by atoms with Gasteiger partial charge in [0.05, 0.1) is 7.11 Å². The first-order chi connectivity index (χ1) is 9.24. The summed E-state index contributed by atoms with van der Waals surface area (Å²) < 4.78 is 5.28. The van der Waals surface area contributed by atoms with Crippen LogP contribution in [-0.4, -0.2) is 7.11 Å². The van der Waals surface area contributed by atoms with Crippen LogP contribution in [0, 0.1) is 0 Å². The second-order valence-corrected chi connectivity index (χ2v) is 5.62. The van der Waals surface area contributed by atoms with Crippen molar-refractivity contribution < 1.29 is 4.74 Å². The molecular weight excluding hydrogens is 254 g/mol. The van der Waals surface area contributed by atoms with Gasteiger partial charge in [0.2, 0.25) is 0 Å². The van der Waals surface area contributed by atoms with Gasteiger partial charge in [-0.05, 0) is 42.5 Å². The Labute approximate surface area is 119 Å². The minimum atomic E-state index is 0.308. The van der Waals surface area contributed by atoms with E-state index in [-0.39, 0.29) is 0 Å². The maximum absolute atomic E-state index is 5.28. The highest BCUT2D eigenvalue weighted by Gasteiger charge is 2.14. The highest BCUT2D eigenvalue weighted by molar-refractivity contribution is 7.10. The first kappa shape index (κ1) is 14.1. The van der Waals surface area contributed by atoms with Crippen LogP contribution in [0.4, 0.5) is 0 Å². The second-order valence-electron chi connectivity index (χ2n) is 4.64. The Balaban J connectivity index is 2.08. The number of ether oxygens (including phenoxy) is 1. The third kappa shape index (κ3) is 3.58. The van der Waals surface area contributed by atoms with Gasteiger partial charge in [-0.15, -0.1) is 11.3 Å². The molecule has 1 heterocycles. The quantitative estimate of drug-likeness (QED) is 0.834. The fourth-order valence-corrected chi connectivity index (χ4v) is 3.07. The largest absolute Gasteiger partial charge is 0.497 e. The average molecular weight is 275 g/mol. The molecule has 0 radical (unpaired) electrons. The van der Waals surface area contributed by atoms with Crippen LogP contribution >= 0.6 is 11.3 Å². The molecule has 0 aliphatic carbocycles. The van der Waals surface area contributed by atoms with Gasteiger partial charge in [0.15, 0.2) is 0 Å². The maximum atomic E-state index is 5.28. The van der Waals surface area contributed by atoms with Crippen molar-refractivity contribution in [1.82, 2.24) is 5.32 Å². The first-order valence-corrected chi connectivity index (χ1v) is 7.56. The lowest BCUT2D eigenvalue weighted by molar-refractivity contribution is 0.411. The minimum absolute atomic E-state index is 0.308. The molecule has 102 valence electrons. The van der Waals surface area contributed by atoms with Crippen LogP contribution in [-0.2, 0) is 0 Å². The van der Waals surface area contributed by atoms with Crippen molar-refractivity contribution in [3.63, 3.8) is 0 Å². The van der Waals surface area contributed by atoms with Crippen molar-refractivity contribution >= 4 is 11.3 Å². The van der Waals surface area contributed by atoms with Crippen LogP contribution in [0.2, 0.25) is 0 Å². The number of nitrogens with one attached hydrogen (secondary N) is 1. The smallest absolute Gasteiger partial charge is 0.119 e. The Morgan fingerprint density at radius 2 is 2.11 bits per heavy atom. The number of rotatable bonds is 6. The fourth-order valence-electron chi connectivity index (χ4n) is 2.20. The van der Waals surface area contributed by atoms with Gasteiger partial charge >= 0.3 is 0 Å². The number of methoxy groups -OCH3 is 1. The molecule has 2 aromatic rings. The van der Waals surface area contributed by atoms with Crippen LogP contribution in [0.15, 0.2) is 41.8 Å². The van der Waals surface area contributed by atoms with Crippen molar-refractivity contribution in [2.75, 3.05) is 7.11 Å². The fraction of sp³-hybridized carbons (Fsp3) is 0.375. The normalized spacial score (nSPS) is 14.1. The Morgan fingerprint density at radius 3 is 2.74 bits per heavy atom. The standard InChI is InChI=1S/C16H21NOS/c1-4-15(16-9-6-10-19-16)17-12(2)13-7-5-8-14(11-13)18-3/h5-12,15,17H,4H2,1-3H3/t12-,15?/m0/s1. The van der Waals surface area contributed by atoms with E-state index in [1.54, 1.807) is 7.11 Å². The Kier molecular flexibility index (Phi) is 5.00. The molecule has 1 aromatic carbocycles. The number of benzene rings is 1. The second kappa shape index (κ2) is 6.73. The van der Waals surface area contributed by atoms with E-state index in [0.717, 1.165) is 12.2 Å². The van der Waals surface area contributed by atoms with Crippen molar-refractivity contribution in [3.8, 4) is 5.75 Å². The molecule has 1 unspecified atom stereocenters. The molecule has 0 bridgehead atoms. The summed E-state index contributed by atoms with van der Waals surface area (Å²) in [5.41, 5.74) is 1.26. The predicted octanol–water partition coefficient (Wildman–Crippen LogP) is 4.56. The van der Waals surface area contributed by atoms with E-state index in [4.69, 9.17) is 4.74 Å². The molecule has 3 heteroatoms. The number of hydrogen-bond donors (Lipinski definition) is 1. The van der Waals surface area contributed by atoms with Crippen LogP contribution < -0.4 is 10.1 Å². The Morgan fingerprint density at radius 1 is 1.26 bits per heavy atom. The molecule has 2 atom stereocenters. The molecule has 1 N–H and O–H groups in total. The summed E-state index contributed by atoms with van der Waals surface area (Å²) in [7, 11) is 1.71. The molecule has 19 heavy (non-hydrogen) atoms. The SMILES string of the molecule is CCC(N[C@@H](C)c1cccc(OC)c1)c1cccs1. The molecule has 0 aliphatic rings. The topological polar surface area (TPSA) is 21.3 Å². The third-order valence-electron chi connectivity index (χ3n) is 3.34. The molecule has 0 aliphatic heterocycles. The third-order valence-corrected chi connectivity index (χ3v) is 4.33. The van der Waals surface area contributed by atoms with Gasteiger partial charge in [0.25, 0.3) is 0 Å². The molecule has 2 nitrogen and oxygen atoms in total. The van der Waals surface area contributed by atoms with E-state index in [1.165, 1.54) is 10.4 Å². The zero-order valence-corrected chi connectivity index (χ0v) is 12.5. The van der Waals surface area contributed by atoms with E-state index in [1.807, 2.05) is 23.5 Å². The van der Waals surface area contributed by atoms with Gasteiger partial charge in [-0.25, -0.2) is 0 Å². The molecule has 0 saturated heterocycles. The summed E-state index contributed by atoms with van der Waals surface area (Å²) in [4.78, 5) is 1.40. The van der Waals surface area contributed by atoms with E-state index >= 15 is 0 Å². The lowest BCUT2D eigenvalue weighted by Gasteiger charge is -2.22. The highest BCUT2D eigenvalue weighted by Crippen LogP contribution is 2.26. The van der Waals surface area contributed by atoms with Gasteiger partial charge in [0.1, 0.15) is 5.75 Å². The van der Waals surface area contributed by atoms with E-state index < -0.39 is 0 Å². The summed E-state index contributed by atoms with van der Waals surface area (Å²) in [6.45, 7) is 4.42. The summed E-state index contributed by atoms with van der Waals surface area (Å²) in [5, 5.41) is 5.83. The molecular formula is C16H21NOS. The molecule has 1 aromatic heterocycles. The lowest BCUT2D eigenvalue weighted by atomic mass is 10.1. The number of thiophene rings is 1. The molecule has 0 amide bonds. The Hall–Kier alpha value is -1.32. The van der Waals surface area contributed by atoms with Crippen LogP contribution in [0.5, 0.6) is 5.75 Å². The predicted molar refractivity (Wildman–Crippen MR) is 81.9 cm³/mol. The van der Waals surface area contributed by atoms with Gasteiger partial charge in [-0.1, -0.05) is 25.1 Å². The average Bonchev–Trinajstić information content (AvgIpc) is 2.98.